The number of nitriles is 1. The predicted octanol–water partition coefficient (Wildman–Crippen LogP) is 6.21. The van der Waals surface area contributed by atoms with Crippen LogP contribution in [0.25, 0.3) is 0 Å². The molecule has 0 bridgehead atoms. The van der Waals surface area contributed by atoms with Gasteiger partial charge in [0.1, 0.15) is 5.82 Å². The number of aromatic nitrogens is 2. The number of hydrogen-bond acceptors (Lipinski definition) is 9. The molecule has 11 heteroatoms. The third-order valence-electron chi connectivity index (χ3n) is 6.95. The molecule has 5 rings (SSSR count). The number of amides is 1. The number of halogens is 1. The lowest BCUT2D eigenvalue weighted by molar-refractivity contribution is -0.116. The van der Waals surface area contributed by atoms with E-state index in [4.69, 9.17) is 5.73 Å². The predicted molar refractivity (Wildman–Crippen MR) is 162 cm³/mol. The van der Waals surface area contributed by atoms with Crippen molar-refractivity contribution < 1.29 is 9.59 Å². The topological polar surface area (TPSA) is 125 Å². The fourth-order valence-electron chi connectivity index (χ4n) is 4.97. The minimum Gasteiger partial charge on any atom is -0.384 e. The van der Waals surface area contributed by atoms with Gasteiger partial charge in [0.25, 0.3) is 0 Å². The minimum atomic E-state index is -0.512. The number of rotatable bonds is 7. The van der Waals surface area contributed by atoms with E-state index in [2.05, 4.69) is 44.4 Å². The van der Waals surface area contributed by atoms with Crippen molar-refractivity contribution in [1.29, 1.82) is 5.26 Å². The van der Waals surface area contributed by atoms with Crippen LogP contribution in [0.1, 0.15) is 48.8 Å². The number of benzene rings is 2. The summed E-state index contributed by atoms with van der Waals surface area (Å²) >= 11 is 6.02. The zero-order valence-corrected chi connectivity index (χ0v) is 25.3. The summed E-state index contributed by atoms with van der Waals surface area (Å²) < 4.78 is 1.40. The number of nitrogens with zero attached hydrogens (tertiary/aromatic N) is 4. The van der Waals surface area contributed by atoms with Crippen molar-refractivity contribution in [3.63, 3.8) is 0 Å². The number of nitrogens with two attached hydrogens (primary N) is 1. The van der Waals surface area contributed by atoms with Gasteiger partial charge in [-0.05, 0) is 70.9 Å². The molecule has 0 saturated carbocycles. The second kappa shape index (κ2) is 12.0. The molecule has 1 unspecified atom stereocenters. The van der Waals surface area contributed by atoms with Gasteiger partial charge in [-0.2, -0.15) is 5.26 Å². The van der Waals surface area contributed by atoms with E-state index in [1.165, 1.54) is 28.7 Å². The normalized spacial score (nSPS) is 17.1. The first kappa shape index (κ1) is 28.1. The number of anilines is 2. The molecule has 0 saturated heterocycles. The van der Waals surface area contributed by atoms with Crippen molar-refractivity contribution in [3.05, 3.63) is 86.3 Å². The Morgan fingerprint density at radius 1 is 1.25 bits per heavy atom. The molecule has 1 aliphatic carbocycles. The largest absolute Gasteiger partial charge is 0.384 e. The molecule has 2 aromatic carbocycles. The molecule has 1 aromatic heterocycles. The summed E-state index contributed by atoms with van der Waals surface area (Å²) in [5.41, 5.74) is 12.2. The fourth-order valence-corrected chi connectivity index (χ4v) is 7.24. The van der Waals surface area contributed by atoms with Crippen LogP contribution in [0.4, 0.5) is 10.8 Å². The molecule has 204 valence electrons. The average molecular weight is 636 g/mol. The van der Waals surface area contributed by atoms with Gasteiger partial charge < -0.3 is 11.1 Å². The molecule has 0 spiro atoms. The zero-order valence-electron chi connectivity index (χ0n) is 22.0. The van der Waals surface area contributed by atoms with Gasteiger partial charge >= 0.3 is 0 Å². The number of allylic oxidation sites excluding steroid dienone is 3. The number of hydrogen-bond donors (Lipinski definition) is 2. The quantitative estimate of drug-likeness (QED) is 0.294. The highest BCUT2D eigenvalue weighted by Crippen LogP contribution is 2.47. The smallest absolute Gasteiger partial charge is 0.234 e. The summed E-state index contributed by atoms with van der Waals surface area (Å²) in [4.78, 5) is 27.6. The van der Waals surface area contributed by atoms with Gasteiger partial charge in [0.2, 0.25) is 11.0 Å². The summed E-state index contributed by atoms with van der Waals surface area (Å²) in [6, 6.07) is 16.0. The van der Waals surface area contributed by atoms with Crippen molar-refractivity contribution in [2.45, 2.75) is 49.8 Å². The van der Waals surface area contributed by atoms with Crippen LogP contribution in [0.3, 0.4) is 0 Å². The van der Waals surface area contributed by atoms with Gasteiger partial charge in [-0.25, -0.2) is 0 Å². The van der Waals surface area contributed by atoms with Crippen molar-refractivity contribution in [1.82, 2.24) is 10.2 Å². The van der Waals surface area contributed by atoms with Crippen LogP contribution in [0, 0.1) is 18.3 Å². The highest BCUT2D eigenvalue weighted by atomic mass is 79.9. The third kappa shape index (κ3) is 5.57. The van der Waals surface area contributed by atoms with E-state index in [1.54, 1.807) is 4.90 Å². The van der Waals surface area contributed by atoms with Gasteiger partial charge in [-0.15, -0.1) is 10.2 Å². The number of thioether (sulfide) groups is 1. The number of aryl methyl sites for hydroxylation is 2. The molecular formula is C29H27BrN6O2S2. The first-order chi connectivity index (χ1) is 19.3. The molecule has 3 N–H and O–H groups in total. The molecule has 40 heavy (non-hydrogen) atoms. The van der Waals surface area contributed by atoms with Crippen LogP contribution in [-0.2, 0) is 16.0 Å². The van der Waals surface area contributed by atoms with Gasteiger partial charge in [-0.1, -0.05) is 60.4 Å². The monoisotopic (exact) mass is 634 g/mol. The molecule has 1 aliphatic heterocycles. The molecule has 1 atom stereocenters. The Morgan fingerprint density at radius 3 is 2.73 bits per heavy atom. The van der Waals surface area contributed by atoms with Crippen LogP contribution in [0.5, 0.6) is 0 Å². The molecular weight excluding hydrogens is 608 g/mol. The van der Waals surface area contributed by atoms with Crippen LogP contribution in [0.15, 0.2) is 73.9 Å². The maximum Gasteiger partial charge on any atom is 0.234 e. The summed E-state index contributed by atoms with van der Waals surface area (Å²) in [6.45, 7) is 4.07. The average Bonchev–Trinajstić information content (AvgIpc) is 3.41. The second-order valence-corrected chi connectivity index (χ2v) is 12.6. The van der Waals surface area contributed by atoms with E-state index in [-0.39, 0.29) is 23.3 Å². The Hall–Kier alpha value is -3.46. The molecule has 2 heterocycles. The number of carbonyl (C=O) groups excluding carboxylic acids is 2. The molecule has 0 fully saturated rings. The third-order valence-corrected chi connectivity index (χ3v) is 9.64. The highest BCUT2D eigenvalue weighted by molar-refractivity contribution is 9.10. The van der Waals surface area contributed by atoms with Crippen LogP contribution in [-0.4, -0.2) is 27.6 Å². The lowest BCUT2D eigenvalue weighted by Gasteiger charge is -2.38. The number of nitrogens with one attached hydrogen (secondary N) is 1. The SMILES string of the molecule is CCc1ccc(C2C(C#N)=C(N)N(c3nnc(SCC(=O)Nc4ccc(C)cc4Br)s3)C3=C2C(=O)CCC3)cc1. The zero-order chi connectivity index (χ0) is 28.4. The van der Waals surface area contributed by atoms with Crippen molar-refractivity contribution in [2.75, 3.05) is 16.0 Å². The van der Waals surface area contributed by atoms with E-state index in [1.807, 2.05) is 49.4 Å². The molecule has 2 aliphatic rings. The van der Waals surface area contributed by atoms with Gasteiger partial charge in [0, 0.05) is 22.2 Å². The number of carbonyl (C=O) groups is 2. The standard InChI is InChI=1S/C29H27BrN6O2S2/c1-3-17-8-10-18(11-9-17)25-19(14-31)27(32)36(22-5-4-6-23(37)26(22)25)28-34-35-29(40-28)39-15-24(38)33-21-12-7-16(2)13-20(21)30/h7-13,25H,3-6,15,32H2,1-2H3,(H,33,38). The lowest BCUT2D eigenvalue weighted by Crippen LogP contribution is -2.38. The Kier molecular flexibility index (Phi) is 8.40. The Labute approximate surface area is 249 Å². The van der Waals surface area contributed by atoms with E-state index >= 15 is 0 Å². The van der Waals surface area contributed by atoms with E-state index in [0.717, 1.165) is 27.7 Å². The Balaban J connectivity index is 1.41. The molecule has 1 amide bonds. The Bertz CT molecular complexity index is 1590. The summed E-state index contributed by atoms with van der Waals surface area (Å²) in [5, 5.41) is 22.2. The fraction of sp³-hybridized carbons (Fsp3) is 0.276. The van der Waals surface area contributed by atoms with Gasteiger partial charge in [0.15, 0.2) is 10.1 Å². The number of ketones is 1. The minimum absolute atomic E-state index is 0.0223. The van der Waals surface area contributed by atoms with E-state index in [9.17, 15) is 14.9 Å². The summed E-state index contributed by atoms with van der Waals surface area (Å²) in [6.07, 6.45) is 2.66. The highest BCUT2D eigenvalue weighted by Gasteiger charge is 2.41. The molecule has 0 radical (unpaired) electrons. The maximum atomic E-state index is 13.3. The number of Topliss-reactive ketones (excluding diaryl/α,β-unsaturated/α-hetero) is 1. The first-order valence-corrected chi connectivity index (χ1v) is 15.5. The first-order valence-electron chi connectivity index (χ1n) is 12.9. The van der Waals surface area contributed by atoms with Crippen LogP contribution in [0.2, 0.25) is 0 Å². The maximum absolute atomic E-state index is 13.3. The Morgan fingerprint density at radius 2 is 2.02 bits per heavy atom. The van der Waals surface area contributed by atoms with Crippen LogP contribution < -0.4 is 16.0 Å². The summed E-state index contributed by atoms with van der Waals surface area (Å²) in [5.74, 6) is -0.257. The molecule has 8 nitrogen and oxygen atoms in total. The molecule has 3 aromatic rings. The van der Waals surface area contributed by atoms with Gasteiger partial charge in [0.05, 0.1) is 29.0 Å². The van der Waals surface area contributed by atoms with Gasteiger partial charge in [-0.3, -0.25) is 14.5 Å². The van der Waals surface area contributed by atoms with Crippen molar-refractivity contribution in [2.24, 2.45) is 5.73 Å². The lowest BCUT2D eigenvalue weighted by atomic mass is 9.75. The second-order valence-electron chi connectivity index (χ2n) is 9.58. The van der Waals surface area contributed by atoms with Crippen molar-refractivity contribution in [3.8, 4) is 6.07 Å². The van der Waals surface area contributed by atoms with Crippen LogP contribution >= 0.6 is 39.0 Å². The summed E-state index contributed by atoms with van der Waals surface area (Å²) in [7, 11) is 0. The van der Waals surface area contributed by atoms with Crippen molar-refractivity contribution >= 4 is 61.5 Å². The van der Waals surface area contributed by atoms with E-state index in [0.29, 0.717) is 45.6 Å². The van der Waals surface area contributed by atoms with E-state index < -0.39 is 5.92 Å².